The van der Waals surface area contributed by atoms with E-state index in [1.165, 1.54) is 11.5 Å². The van der Waals surface area contributed by atoms with Gasteiger partial charge in [0.25, 0.3) is 5.56 Å². The van der Waals surface area contributed by atoms with E-state index >= 15 is 0 Å². The molecular formula is C12H13NO2S. The van der Waals surface area contributed by atoms with E-state index in [1.807, 2.05) is 38.1 Å². The predicted molar refractivity (Wildman–Crippen MR) is 65.7 cm³/mol. The van der Waals surface area contributed by atoms with Crippen molar-refractivity contribution in [2.45, 2.75) is 20.0 Å². The van der Waals surface area contributed by atoms with Crippen LogP contribution in [0.1, 0.15) is 13.8 Å². The molecule has 0 aliphatic heterocycles. The van der Waals surface area contributed by atoms with Crippen LogP contribution >= 0.6 is 11.5 Å². The van der Waals surface area contributed by atoms with E-state index in [2.05, 4.69) is 0 Å². The van der Waals surface area contributed by atoms with Gasteiger partial charge in [0.15, 0.2) is 0 Å². The van der Waals surface area contributed by atoms with Gasteiger partial charge in [0.1, 0.15) is 5.75 Å². The summed E-state index contributed by atoms with van der Waals surface area (Å²) in [6, 6.07) is 9.08. The van der Waals surface area contributed by atoms with Crippen molar-refractivity contribution in [3.05, 3.63) is 46.1 Å². The highest BCUT2D eigenvalue weighted by Crippen LogP contribution is 2.16. The molecule has 3 nitrogen and oxygen atoms in total. The molecule has 0 saturated heterocycles. The molecule has 1 aromatic carbocycles. The first-order chi connectivity index (χ1) is 7.66. The molecule has 0 bridgehead atoms. The van der Waals surface area contributed by atoms with Crippen LogP contribution in [0, 0.1) is 0 Å². The summed E-state index contributed by atoms with van der Waals surface area (Å²) < 4.78 is 7.17. The summed E-state index contributed by atoms with van der Waals surface area (Å²) in [7, 11) is 0. The molecule has 0 aliphatic carbocycles. The van der Waals surface area contributed by atoms with E-state index < -0.39 is 0 Å². The Kier molecular flexibility index (Phi) is 3.10. The van der Waals surface area contributed by atoms with Gasteiger partial charge in [0.2, 0.25) is 0 Å². The summed E-state index contributed by atoms with van der Waals surface area (Å²) in [4.78, 5) is 11.4. The third kappa shape index (κ3) is 2.33. The van der Waals surface area contributed by atoms with Gasteiger partial charge >= 0.3 is 0 Å². The van der Waals surface area contributed by atoms with Crippen LogP contribution in [0.2, 0.25) is 0 Å². The molecule has 0 saturated carbocycles. The van der Waals surface area contributed by atoms with Gasteiger partial charge in [-0.15, -0.1) is 0 Å². The first-order valence-corrected chi connectivity index (χ1v) is 5.94. The topological polar surface area (TPSA) is 31.2 Å². The van der Waals surface area contributed by atoms with E-state index in [-0.39, 0.29) is 11.7 Å². The maximum atomic E-state index is 11.4. The molecule has 0 unspecified atom stereocenters. The molecule has 0 spiro atoms. The fraction of sp³-hybridized carbons (Fsp3) is 0.250. The maximum absolute atomic E-state index is 11.4. The third-order valence-electron chi connectivity index (χ3n) is 2.02. The van der Waals surface area contributed by atoms with E-state index in [0.29, 0.717) is 0 Å². The maximum Gasteiger partial charge on any atom is 0.265 e. The number of hydrogen-bond acceptors (Lipinski definition) is 3. The zero-order valence-corrected chi connectivity index (χ0v) is 10.0. The van der Waals surface area contributed by atoms with E-state index in [9.17, 15) is 4.79 Å². The van der Waals surface area contributed by atoms with Crippen molar-refractivity contribution in [2.24, 2.45) is 0 Å². The lowest BCUT2D eigenvalue weighted by Gasteiger charge is -2.09. The highest BCUT2D eigenvalue weighted by Gasteiger charge is 2.01. The number of nitrogens with zero attached hydrogens (tertiary/aromatic N) is 1. The minimum absolute atomic E-state index is 0.00234. The van der Waals surface area contributed by atoms with Crippen molar-refractivity contribution in [1.29, 1.82) is 0 Å². The Morgan fingerprint density at radius 1 is 1.19 bits per heavy atom. The minimum Gasteiger partial charge on any atom is -0.491 e. The molecule has 2 aromatic rings. The van der Waals surface area contributed by atoms with Crippen LogP contribution in [0.25, 0.3) is 5.69 Å². The molecule has 0 fully saturated rings. The fourth-order valence-electron chi connectivity index (χ4n) is 1.39. The molecule has 16 heavy (non-hydrogen) atoms. The van der Waals surface area contributed by atoms with E-state index in [0.717, 1.165) is 11.4 Å². The smallest absolute Gasteiger partial charge is 0.265 e. The number of aromatic nitrogens is 1. The number of hydrogen-bond donors (Lipinski definition) is 0. The Balaban J connectivity index is 2.26. The molecule has 0 N–H and O–H groups in total. The lowest BCUT2D eigenvalue weighted by molar-refractivity contribution is 0.242. The second kappa shape index (κ2) is 4.53. The van der Waals surface area contributed by atoms with Crippen LogP contribution in [0.3, 0.4) is 0 Å². The van der Waals surface area contributed by atoms with Crippen LogP contribution in [-0.4, -0.2) is 10.1 Å². The lowest BCUT2D eigenvalue weighted by Crippen LogP contribution is -2.09. The molecule has 2 rings (SSSR count). The van der Waals surface area contributed by atoms with E-state index in [1.54, 1.807) is 15.4 Å². The van der Waals surface area contributed by atoms with Crippen molar-refractivity contribution in [3.8, 4) is 11.4 Å². The van der Waals surface area contributed by atoms with Crippen LogP contribution in [0.5, 0.6) is 5.75 Å². The van der Waals surface area contributed by atoms with Gasteiger partial charge in [-0.25, -0.2) is 3.96 Å². The van der Waals surface area contributed by atoms with Gasteiger partial charge in [-0.05, 0) is 38.1 Å². The van der Waals surface area contributed by atoms with Gasteiger partial charge in [-0.2, -0.15) is 0 Å². The predicted octanol–water partition coefficient (Wildman–Crippen LogP) is 2.69. The Morgan fingerprint density at radius 2 is 1.88 bits per heavy atom. The summed E-state index contributed by atoms with van der Waals surface area (Å²) in [5.74, 6) is 0.823. The Labute approximate surface area is 98.1 Å². The first-order valence-electron chi connectivity index (χ1n) is 5.11. The van der Waals surface area contributed by atoms with Gasteiger partial charge in [0.05, 0.1) is 11.8 Å². The molecule has 0 aliphatic rings. The summed E-state index contributed by atoms with van der Waals surface area (Å²) in [5.41, 5.74) is 0.874. The lowest BCUT2D eigenvalue weighted by atomic mass is 10.3. The minimum atomic E-state index is 0.00234. The zero-order valence-electron chi connectivity index (χ0n) is 9.21. The summed E-state index contributed by atoms with van der Waals surface area (Å²) in [6.07, 6.45) is 0.162. The zero-order chi connectivity index (χ0) is 11.5. The molecule has 0 amide bonds. The Bertz CT molecular complexity index is 510. The number of benzene rings is 1. The van der Waals surface area contributed by atoms with Crippen LogP contribution in [-0.2, 0) is 0 Å². The average molecular weight is 235 g/mol. The molecule has 1 heterocycles. The third-order valence-corrected chi connectivity index (χ3v) is 2.88. The number of rotatable bonds is 3. The summed E-state index contributed by atoms with van der Waals surface area (Å²) in [5, 5.41) is 1.78. The van der Waals surface area contributed by atoms with Crippen molar-refractivity contribution >= 4 is 11.5 Å². The molecule has 0 atom stereocenters. The monoisotopic (exact) mass is 235 g/mol. The van der Waals surface area contributed by atoms with Crippen LogP contribution in [0.15, 0.2) is 40.5 Å². The normalized spacial score (nSPS) is 10.7. The van der Waals surface area contributed by atoms with Crippen molar-refractivity contribution in [2.75, 3.05) is 0 Å². The Hall–Kier alpha value is -1.55. The molecule has 4 heteroatoms. The molecular weight excluding hydrogens is 222 g/mol. The highest BCUT2D eigenvalue weighted by atomic mass is 32.1. The van der Waals surface area contributed by atoms with Gasteiger partial charge < -0.3 is 4.74 Å². The van der Waals surface area contributed by atoms with Gasteiger partial charge in [-0.1, -0.05) is 11.5 Å². The van der Waals surface area contributed by atoms with Crippen molar-refractivity contribution in [3.63, 3.8) is 0 Å². The van der Waals surface area contributed by atoms with E-state index in [4.69, 9.17) is 4.74 Å². The van der Waals surface area contributed by atoms with Crippen molar-refractivity contribution in [1.82, 2.24) is 3.96 Å². The average Bonchev–Trinajstić information content (AvgIpc) is 2.65. The largest absolute Gasteiger partial charge is 0.491 e. The molecule has 1 aromatic heterocycles. The molecule has 84 valence electrons. The van der Waals surface area contributed by atoms with Crippen molar-refractivity contribution < 1.29 is 4.74 Å². The number of ether oxygens (including phenoxy) is 1. The fourth-order valence-corrected chi connectivity index (χ4v) is 2.10. The second-order valence-electron chi connectivity index (χ2n) is 3.70. The van der Waals surface area contributed by atoms with Crippen LogP contribution in [0.4, 0.5) is 0 Å². The quantitative estimate of drug-likeness (QED) is 0.819. The van der Waals surface area contributed by atoms with Gasteiger partial charge in [0, 0.05) is 11.4 Å². The van der Waals surface area contributed by atoms with Crippen LogP contribution < -0.4 is 10.3 Å². The SMILES string of the molecule is CC(C)Oc1ccc(-n2sccc2=O)cc1. The van der Waals surface area contributed by atoms with Gasteiger partial charge in [-0.3, -0.25) is 4.79 Å². The first kappa shape index (κ1) is 11.0. The summed E-state index contributed by atoms with van der Waals surface area (Å²) in [6.45, 7) is 3.97. The molecule has 0 radical (unpaired) electrons. The second-order valence-corrected chi connectivity index (χ2v) is 4.55. The standard InChI is InChI=1S/C12H13NO2S/c1-9(2)15-11-5-3-10(4-6-11)13-12(14)7-8-16-13/h3-9H,1-2H3. The Morgan fingerprint density at radius 3 is 2.38 bits per heavy atom. The highest BCUT2D eigenvalue weighted by molar-refractivity contribution is 7.04. The summed E-state index contributed by atoms with van der Waals surface area (Å²) >= 11 is 1.39.